The summed E-state index contributed by atoms with van der Waals surface area (Å²) in [5.41, 5.74) is 2.42. The van der Waals surface area contributed by atoms with Gasteiger partial charge in [0.2, 0.25) is 0 Å². The lowest BCUT2D eigenvalue weighted by molar-refractivity contribution is 0.102. The third-order valence-corrected chi connectivity index (χ3v) is 4.85. The highest BCUT2D eigenvalue weighted by Gasteiger charge is 2.13. The first-order valence-corrected chi connectivity index (χ1v) is 10.2. The molecule has 0 aliphatic heterocycles. The fourth-order valence-corrected chi connectivity index (χ4v) is 3.51. The van der Waals surface area contributed by atoms with E-state index in [2.05, 4.69) is 15.0 Å². The number of carbonyl (C=O) groups excluding carboxylic acids is 2. The van der Waals surface area contributed by atoms with Gasteiger partial charge in [0.25, 0.3) is 5.91 Å². The van der Waals surface area contributed by atoms with Crippen LogP contribution in [0.1, 0.15) is 21.6 Å². The zero-order chi connectivity index (χ0) is 21.5. The summed E-state index contributed by atoms with van der Waals surface area (Å²) >= 11 is 7.33. The van der Waals surface area contributed by atoms with Crippen LogP contribution in [0.2, 0.25) is 5.02 Å². The first-order chi connectivity index (χ1) is 14.4. The van der Waals surface area contributed by atoms with Crippen molar-refractivity contribution in [2.45, 2.75) is 13.2 Å². The normalized spacial score (nSPS) is 10.7. The van der Waals surface area contributed by atoms with Gasteiger partial charge >= 0.3 is 6.09 Å². The number of benzene rings is 2. The van der Waals surface area contributed by atoms with E-state index in [-0.39, 0.29) is 12.5 Å². The number of rotatable bonds is 7. The Labute approximate surface area is 183 Å². The topological polar surface area (TPSA) is 83.6 Å². The van der Waals surface area contributed by atoms with Gasteiger partial charge in [-0.05, 0) is 55.5 Å². The number of anilines is 2. The number of aromatic nitrogens is 1. The Morgan fingerprint density at radius 1 is 1.10 bits per heavy atom. The van der Waals surface area contributed by atoms with Crippen LogP contribution >= 0.6 is 23.1 Å². The molecule has 0 saturated carbocycles. The number of carbonyl (C=O) groups is 2. The Hall–Kier alpha value is -2.94. The molecule has 2 aromatic carbocycles. The Morgan fingerprint density at radius 2 is 1.87 bits per heavy atom. The molecule has 30 heavy (non-hydrogen) atoms. The van der Waals surface area contributed by atoms with Crippen LogP contribution in [-0.2, 0) is 17.9 Å². The van der Waals surface area contributed by atoms with Crippen LogP contribution in [0.5, 0.6) is 0 Å². The molecule has 2 N–H and O–H groups in total. The zero-order valence-corrected chi connectivity index (χ0v) is 18.1. The van der Waals surface area contributed by atoms with E-state index in [0.29, 0.717) is 27.8 Å². The molecule has 9 heteroatoms. The van der Waals surface area contributed by atoms with Crippen LogP contribution in [-0.4, -0.2) is 35.4 Å². The summed E-state index contributed by atoms with van der Waals surface area (Å²) in [6.07, 6.45) is -0.636. The van der Waals surface area contributed by atoms with Gasteiger partial charge in [-0.25, -0.2) is 4.79 Å². The average molecular weight is 445 g/mol. The van der Waals surface area contributed by atoms with Crippen molar-refractivity contribution in [3.8, 4) is 0 Å². The molecule has 0 saturated heterocycles. The van der Waals surface area contributed by atoms with Crippen molar-refractivity contribution in [2.75, 3.05) is 24.7 Å². The lowest BCUT2D eigenvalue weighted by Gasteiger charge is -2.09. The second-order valence-electron chi connectivity index (χ2n) is 6.79. The Balaban J connectivity index is 1.61. The van der Waals surface area contributed by atoms with Crippen LogP contribution in [0.25, 0.3) is 0 Å². The monoisotopic (exact) mass is 444 g/mol. The average Bonchev–Trinajstić information content (AvgIpc) is 3.12. The maximum atomic E-state index is 12.6. The molecule has 0 radical (unpaired) electrons. The summed E-state index contributed by atoms with van der Waals surface area (Å²) in [5, 5.41) is 6.35. The molecular formula is C21H21ClN4O3S. The molecule has 2 amide bonds. The van der Waals surface area contributed by atoms with E-state index in [0.717, 1.165) is 11.3 Å². The molecule has 0 unspecified atom stereocenters. The van der Waals surface area contributed by atoms with Crippen molar-refractivity contribution in [3.05, 3.63) is 76.4 Å². The molecule has 0 atom stereocenters. The molecule has 156 valence electrons. The standard InChI is InChI=1S/C21H21ClN4O3S/c1-26(2)12-18-11-19(30-25-18)24-20(27)15-8-16(22)10-17(9-15)23-21(28)29-13-14-6-4-3-5-7-14/h3-11H,12-13H2,1-2H3,(H,23,28)(H,24,27). The van der Waals surface area contributed by atoms with E-state index < -0.39 is 6.09 Å². The van der Waals surface area contributed by atoms with Gasteiger partial charge in [-0.3, -0.25) is 10.1 Å². The number of hydrogen-bond donors (Lipinski definition) is 2. The minimum Gasteiger partial charge on any atom is -0.444 e. The van der Waals surface area contributed by atoms with Crippen molar-refractivity contribution >= 4 is 45.8 Å². The maximum Gasteiger partial charge on any atom is 0.411 e. The van der Waals surface area contributed by atoms with Crippen molar-refractivity contribution in [3.63, 3.8) is 0 Å². The second kappa shape index (κ2) is 10.2. The van der Waals surface area contributed by atoms with E-state index >= 15 is 0 Å². The molecule has 1 heterocycles. The molecule has 7 nitrogen and oxygen atoms in total. The summed E-state index contributed by atoms with van der Waals surface area (Å²) in [4.78, 5) is 26.7. The zero-order valence-electron chi connectivity index (χ0n) is 16.5. The molecule has 0 bridgehead atoms. The number of nitrogens with zero attached hydrogens (tertiary/aromatic N) is 2. The van der Waals surface area contributed by atoms with Crippen molar-refractivity contribution in [1.82, 2.24) is 9.27 Å². The minimum atomic E-state index is -0.636. The van der Waals surface area contributed by atoms with Gasteiger partial charge in [-0.2, -0.15) is 4.37 Å². The maximum absolute atomic E-state index is 12.6. The fourth-order valence-electron chi connectivity index (χ4n) is 2.62. The van der Waals surface area contributed by atoms with Gasteiger partial charge in [0.15, 0.2) is 0 Å². The lowest BCUT2D eigenvalue weighted by atomic mass is 10.2. The predicted octanol–water partition coefficient (Wildman–Crippen LogP) is 4.86. The van der Waals surface area contributed by atoms with E-state index in [9.17, 15) is 9.59 Å². The van der Waals surface area contributed by atoms with Gasteiger partial charge in [-0.1, -0.05) is 41.9 Å². The van der Waals surface area contributed by atoms with E-state index in [1.54, 1.807) is 6.07 Å². The molecule has 0 spiro atoms. The Morgan fingerprint density at radius 3 is 2.60 bits per heavy atom. The van der Waals surface area contributed by atoms with E-state index in [1.165, 1.54) is 23.7 Å². The first kappa shape index (κ1) is 21.8. The predicted molar refractivity (Wildman–Crippen MR) is 119 cm³/mol. The largest absolute Gasteiger partial charge is 0.444 e. The number of hydrogen-bond acceptors (Lipinski definition) is 6. The van der Waals surface area contributed by atoms with Crippen LogP contribution in [0.3, 0.4) is 0 Å². The summed E-state index contributed by atoms with van der Waals surface area (Å²) < 4.78 is 9.51. The molecule has 0 aliphatic rings. The van der Waals surface area contributed by atoms with Gasteiger partial charge < -0.3 is 15.0 Å². The van der Waals surface area contributed by atoms with Gasteiger partial charge in [-0.15, -0.1) is 0 Å². The third kappa shape index (κ3) is 6.55. The van der Waals surface area contributed by atoms with Crippen LogP contribution in [0.4, 0.5) is 15.5 Å². The van der Waals surface area contributed by atoms with Gasteiger partial charge in [0.05, 0.1) is 5.69 Å². The Bertz CT molecular complexity index is 1020. The van der Waals surface area contributed by atoms with Crippen molar-refractivity contribution < 1.29 is 14.3 Å². The fraction of sp³-hybridized carbons (Fsp3) is 0.190. The summed E-state index contributed by atoms with van der Waals surface area (Å²) in [6, 6.07) is 15.8. The Kier molecular flexibility index (Phi) is 7.40. The second-order valence-corrected chi connectivity index (χ2v) is 8.03. The third-order valence-electron chi connectivity index (χ3n) is 3.89. The number of halogens is 1. The lowest BCUT2D eigenvalue weighted by Crippen LogP contribution is -2.15. The quantitative estimate of drug-likeness (QED) is 0.543. The SMILES string of the molecule is CN(C)Cc1cc(NC(=O)c2cc(Cl)cc(NC(=O)OCc3ccccc3)c2)sn1. The first-order valence-electron chi connectivity index (χ1n) is 9.09. The number of ether oxygens (including phenoxy) is 1. The van der Waals surface area contributed by atoms with E-state index in [4.69, 9.17) is 16.3 Å². The molecular weight excluding hydrogens is 424 g/mol. The highest BCUT2D eigenvalue weighted by atomic mass is 35.5. The summed E-state index contributed by atoms with van der Waals surface area (Å²) in [6.45, 7) is 0.823. The molecule has 1 aromatic heterocycles. The van der Waals surface area contributed by atoms with Gasteiger partial charge in [0.1, 0.15) is 11.6 Å². The summed E-state index contributed by atoms with van der Waals surface area (Å²) in [7, 11) is 3.89. The minimum absolute atomic E-state index is 0.140. The van der Waals surface area contributed by atoms with Crippen molar-refractivity contribution in [1.29, 1.82) is 0 Å². The molecule has 0 aliphatic carbocycles. The number of nitrogens with one attached hydrogen (secondary N) is 2. The van der Waals surface area contributed by atoms with Crippen LogP contribution in [0, 0.1) is 0 Å². The number of amides is 2. The molecule has 0 fully saturated rings. The molecule has 3 rings (SSSR count). The van der Waals surface area contributed by atoms with Gasteiger partial charge in [0, 0.05) is 22.8 Å². The van der Waals surface area contributed by atoms with Crippen molar-refractivity contribution in [2.24, 2.45) is 0 Å². The summed E-state index contributed by atoms with van der Waals surface area (Å²) in [5.74, 6) is -0.349. The molecule has 3 aromatic rings. The smallest absolute Gasteiger partial charge is 0.411 e. The highest BCUT2D eigenvalue weighted by Crippen LogP contribution is 2.22. The van der Waals surface area contributed by atoms with Crippen LogP contribution in [0.15, 0.2) is 54.6 Å². The highest BCUT2D eigenvalue weighted by molar-refractivity contribution is 7.10. The van der Waals surface area contributed by atoms with Crippen LogP contribution < -0.4 is 10.6 Å². The van der Waals surface area contributed by atoms with E-state index in [1.807, 2.05) is 55.4 Å².